The molecule has 1 fully saturated rings. The van der Waals surface area contributed by atoms with E-state index in [2.05, 4.69) is 22.9 Å². The van der Waals surface area contributed by atoms with Crippen molar-refractivity contribution in [2.45, 2.75) is 20.4 Å². The zero-order valence-corrected chi connectivity index (χ0v) is 20.0. The van der Waals surface area contributed by atoms with Gasteiger partial charge >= 0.3 is 0 Å². The molecule has 5 rings (SSSR count). The highest BCUT2D eigenvalue weighted by atomic mass is 35.5. The average molecular weight is 478 g/mol. The Hall–Kier alpha value is -2.80. The molecule has 0 N–H and O–H groups in total. The molecule has 0 atom stereocenters. The maximum atomic E-state index is 13.3. The van der Waals surface area contributed by atoms with E-state index in [9.17, 15) is 4.79 Å². The summed E-state index contributed by atoms with van der Waals surface area (Å²) >= 11 is 12.9. The highest BCUT2D eigenvalue weighted by Gasteiger charge is 2.35. The van der Waals surface area contributed by atoms with E-state index in [4.69, 9.17) is 23.8 Å². The number of thiocarbonyl (C=S) groups is 1. The molecule has 4 nitrogen and oxygen atoms in total. The van der Waals surface area contributed by atoms with E-state index in [1.165, 1.54) is 11.8 Å². The summed E-state index contributed by atoms with van der Waals surface area (Å²) < 4.78 is 4.61. The fourth-order valence-electron chi connectivity index (χ4n) is 4.06. The van der Waals surface area contributed by atoms with E-state index in [1.54, 1.807) is 5.01 Å². The third kappa shape index (κ3) is 3.68. The Morgan fingerprint density at radius 3 is 2.41 bits per heavy atom. The topological polar surface area (TPSA) is 30.2 Å². The van der Waals surface area contributed by atoms with Gasteiger partial charge in [0.15, 0.2) is 4.32 Å². The Bertz CT molecular complexity index is 1380. The Labute approximate surface area is 201 Å². The first kappa shape index (κ1) is 21.1. The largest absolute Gasteiger partial charge is 0.342 e. The Morgan fingerprint density at radius 1 is 1.00 bits per heavy atom. The van der Waals surface area contributed by atoms with Crippen molar-refractivity contribution in [2.24, 2.45) is 0 Å². The number of aryl methyl sites for hydroxylation is 2. The van der Waals surface area contributed by atoms with E-state index in [1.807, 2.05) is 73.1 Å². The van der Waals surface area contributed by atoms with Crippen LogP contribution in [0, 0.1) is 13.8 Å². The molecule has 2 aromatic carbocycles. The maximum Gasteiger partial charge on any atom is 0.285 e. The van der Waals surface area contributed by atoms with Crippen molar-refractivity contribution in [3.63, 3.8) is 0 Å². The highest BCUT2D eigenvalue weighted by molar-refractivity contribution is 8.27. The van der Waals surface area contributed by atoms with Crippen LogP contribution in [-0.4, -0.2) is 19.5 Å². The van der Waals surface area contributed by atoms with Crippen molar-refractivity contribution in [3.05, 3.63) is 99.3 Å². The predicted molar refractivity (Wildman–Crippen MR) is 138 cm³/mol. The summed E-state index contributed by atoms with van der Waals surface area (Å²) in [6.07, 6.45) is 4.05. The molecule has 160 valence electrons. The number of hydrogen-bond donors (Lipinski definition) is 0. The lowest BCUT2D eigenvalue weighted by atomic mass is 10.1. The lowest BCUT2D eigenvalue weighted by Gasteiger charge is -2.20. The number of halogens is 1. The number of benzene rings is 2. The monoisotopic (exact) mass is 477 g/mol. The van der Waals surface area contributed by atoms with Gasteiger partial charge in [0.2, 0.25) is 0 Å². The molecule has 1 aliphatic rings. The van der Waals surface area contributed by atoms with Crippen LogP contribution in [0.15, 0.2) is 71.8 Å². The quantitative estimate of drug-likeness (QED) is 0.255. The van der Waals surface area contributed by atoms with Crippen molar-refractivity contribution < 1.29 is 4.79 Å². The molecule has 32 heavy (non-hydrogen) atoms. The van der Waals surface area contributed by atoms with E-state index >= 15 is 0 Å². The summed E-state index contributed by atoms with van der Waals surface area (Å²) in [6.45, 7) is 4.66. The van der Waals surface area contributed by atoms with Crippen LogP contribution >= 0.6 is 35.6 Å². The van der Waals surface area contributed by atoms with Gasteiger partial charge in [0.1, 0.15) is 0 Å². The van der Waals surface area contributed by atoms with Crippen molar-refractivity contribution in [1.82, 2.24) is 9.24 Å². The van der Waals surface area contributed by atoms with Gasteiger partial charge in [0.05, 0.1) is 4.91 Å². The number of rotatable bonds is 4. The van der Waals surface area contributed by atoms with E-state index in [0.29, 0.717) is 15.8 Å². The van der Waals surface area contributed by atoms with Crippen LogP contribution in [0.1, 0.15) is 22.5 Å². The van der Waals surface area contributed by atoms with Crippen LogP contribution in [0.5, 0.6) is 0 Å². The van der Waals surface area contributed by atoms with E-state index in [-0.39, 0.29) is 5.91 Å². The van der Waals surface area contributed by atoms with E-state index < -0.39 is 0 Å². The minimum atomic E-state index is -0.100. The Morgan fingerprint density at radius 2 is 1.69 bits per heavy atom. The van der Waals surface area contributed by atoms with Gasteiger partial charge in [0, 0.05) is 45.6 Å². The fraction of sp³-hybridized carbons (Fsp3) is 0.120. The number of nitrogens with zero attached hydrogens (tertiary/aromatic N) is 3. The maximum absolute atomic E-state index is 13.3. The van der Waals surface area contributed by atoms with E-state index in [0.717, 1.165) is 38.4 Å². The van der Waals surface area contributed by atoms with Crippen LogP contribution in [0.4, 0.5) is 0 Å². The van der Waals surface area contributed by atoms with Crippen molar-refractivity contribution >= 4 is 62.8 Å². The second-order valence-electron chi connectivity index (χ2n) is 7.78. The van der Waals surface area contributed by atoms with Gasteiger partial charge in [-0.3, -0.25) is 9.47 Å². The third-order valence-corrected chi connectivity index (χ3v) is 7.11. The summed E-state index contributed by atoms with van der Waals surface area (Å²) in [7, 11) is 0. The molecule has 1 aliphatic heterocycles. The molecule has 0 aliphatic carbocycles. The Balaban J connectivity index is 1.53. The number of aromatic nitrogens is 2. The zero-order chi connectivity index (χ0) is 22.4. The lowest BCUT2D eigenvalue weighted by molar-refractivity contribution is -0.114. The molecule has 0 bridgehead atoms. The van der Waals surface area contributed by atoms with Gasteiger partial charge in [-0.2, -0.15) is 5.01 Å². The minimum Gasteiger partial charge on any atom is -0.342 e. The van der Waals surface area contributed by atoms with Crippen molar-refractivity contribution in [3.8, 4) is 0 Å². The molecule has 0 radical (unpaired) electrons. The molecule has 4 aromatic rings. The van der Waals surface area contributed by atoms with Crippen LogP contribution < -0.4 is 5.01 Å². The van der Waals surface area contributed by atoms with Gasteiger partial charge in [-0.15, -0.1) is 0 Å². The molecule has 1 amide bonds. The summed E-state index contributed by atoms with van der Waals surface area (Å²) in [5, 5.41) is 3.41. The molecule has 7 heteroatoms. The minimum absolute atomic E-state index is 0.100. The van der Waals surface area contributed by atoms with Gasteiger partial charge in [-0.25, -0.2) is 0 Å². The smallest absolute Gasteiger partial charge is 0.285 e. The third-order valence-electron chi connectivity index (χ3n) is 5.58. The number of hydrogen-bond acceptors (Lipinski definition) is 3. The SMILES string of the molecule is Cc1ccc(C)n1N1C(=O)/C(=C/c2cn(Cc3ccc(Cl)cc3)c3ccccc23)SC1=S. The summed E-state index contributed by atoms with van der Waals surface area (Å²) in [4.78, 5) is 13.9. The van der Waals surface area contributed by atoms with Crippen LogP contribution in [0.25, 0.3) is 17.0 Å². The number of amides is 1. The lowest BCUT2D eigenvalue weighted by Crippen LogP contribution is -2.39. The number of thioether (sulfide) groups is 1. The average Bonchev–Trinajstić information content (AvgIpc) is 3.38. The molecule has 0 unspecified atom stereocenters. The molecule has 3 heterocycles. The molecule has 0 saturated carbocycles. The number of fused-ring (bicyclic) bond motifs is 1. The second kappa shape index (κ2) is 8.28. The van der Waals surface area contributed by atoms with Crippen molar-refractivity contribution in [1.29, 1.82) is 0 Å². The summed E-state index contributed by atoms with van der Waals surface area (Å²) in [6, 6.07) is 20.1. The first-order valence-electron chi connectivity index (χ1n) is 10.2. The first-order valence-corrected chi connectivity index (χ1v) is 11.8. The number of carbonyl (C=O) groups excluding carboxylic acids is 1. The molecule has 0 spiro atoms. The second-order valence-corrected chi connectivity index (χ2v) is 9.89. The summed E-state index contributed by atoms with van der Waals surface area (Å²) in [5.41, 5.74) is 5.21. The van der Waals surface area contributed by atoms with Gasteiger partial charge in [-0.05, 0) is 68.0 Å². The fourth-order valence-corrected chi connectivity index (χ4v) is 5.42. The first-order chi connectivity index (χ1) is 15.4. The van der Waals surface area contributed by atoms with Gasteiger partial charge in [-0.1, -0.05) is 53.7 Å². The normalized spacial score (nSPS) is 15.5. The molecular weight excluding hydrogens is 458 g/mol. The highest BCUT2D eigenvalue weighted by Crippen LogP contribution is 2.34. The Kier molecular flexibility index (Phi) is 5.45. The van der Waals surface area contributed by atoms with Gasteiger partial charge < -0.3 is 4.57 Å². The molecule has 2 aromatic heterocycles. The van der Waals surface area contributed by atoms with Gasteiger partial charge in [0.25, 0.3) is 5.91 Å². The zero-order valence-electron chi connectivity index (χ0n) is 17.6. The standard InChI is InChI=1S/C25H20ClN3OS2/c1-16-7-8-17(2)28(16)29-24(30)23(32-25(29)31)13-19-15-27(22-6-4-3-5-21(19)22)14-18-9-11-20(26)12-10-18/h3-13,15H,14H2,1-2H3/b23-13-. The van der Waals surface area contributed by atoms with Crippen LogP contribution in [-0.2, 0) is 11.3 Å². The predicted octanol–water partition coefficient (Wildman–Crippen LogP) is 6.30. The summed E-state index contributed by atoms with van der Waals surface area (Å²) in [5.74, 6) is -0.100. The molecular formula is C25H20ClN3OS2. The number of carbonyl (C=O) groups is 1. The van der Waals surface area contributed by atoms with Crippen LogP contribution in [0.3, 0.4) is 0 Å². The van der Waals surface area contributed by atoms with Crippen LogP contribution in [0.2, 0.25) is 5.02 Å². The molecule has 1 saturated heterocycles. The number of para-hydroxylation sites is 1. The van der Waals surface area contributed by atoms with Crippen molar-refractivity contribution in [2.75, 3.05) is 5.01 Å².